The van der Waals surface area contributed by atoms with Gasteiger partial charge in [0.05, 0.1) is 6.21 Å². The van der Waals surface area contributed by atoms with Gasteiger partial charge in [-0.2, -0.15) is 5.10 Å². The molecular weight excluding hydrogens is 518 g/mol. The molecule has 0 aliphatic heterocycles. The van der Waals surface area contributed by atoms with Gasteiger partial charge in [0.25, 0.3) is 11.8 Å². The van der Waals surface area contributed by atoms with E-state index in [0.717, 1.165) is 32.4 Å². The van der Waals surface area contributed by atoms with E-state index in [1.165, 1.54) is 0 Å². The van der Waals surface area contributed by atoms with Gasteiger partial charge < -0.3 is 10.1 Å². The monoisotopic (exact) mass is 543 g/mol. The van der Waals surface area contributed by atoms with Crippen molar-refractivity contribution in [2.45, 2.75) is 17.2 Å². The first kappa shape index (κ1) is 27.0. The fourth-order valence-electron chi connectivity index (χ4n) is 3.33. The molecule has 0 atom stereocenters. The first-order chi connectivity index (χ1) is 18.5. The molecular formula is C30H26ClN3O3S. The first-order valence-corrected chi connectivity index (χ1v) is 13.3. The number of rotatable bonds is 11. The summed E-state index contributed by atoms with van der Waals surface area (Å²) in [6.07, 6.45) is 1.55. The molecule has 0 aliphatic carbocycles. The van der Waals surface area contributed by atoms with Gasteiger partial charge in [0.2, 0.25) is 0 Å². The molecule has 6 nitrogen and oxygen atoms in total. The van der Waals surface area contributed by atoms with Crippen molar-refractivity contribution < 1.29 is 14.3 Å². The Balaban J connectivity index is 1.18. The highest BCUT2D eigenvalue weighted by molar-refractivity contribution is 7.98. The number of thioether (sulfide) groups is 1. The molecule has 0 saturated heterocycles. The van der Waals surface area contributed by atoms with Gasteiger partial charge >= 0.3 is 0 Å². The van der Waals surface area contributed by atoms with Crippen molar-refractivity contribution in [3.05, 3.63) is 130 Å². The Morgan fingerprint density at radius 2 is 1.55 bits per heavy atom. The van der Waals surface area contributed by atoms with Crippen molar-refractivity contribution in [3.8, 4) is 5.75 Å². The number of ether oxygens (including phenoxy) is 1. The summed E-state index contributed by atoms with van der Waals surface area (Å²) in [6, 6.07) is 31.9. The van der Waals surface area contributed by atoms with Crippen LogP contribution in [0.15, 0.2) is 113 Å². The predicted octanol–water partition coefficient (Wildman–Crippen LogP) is 6.09. The zero-order chi connectivity index (χ0) is 26.6. The Morgan fingerprint density at radius 1 is 0.842 bits per heavy atom. The average Bonchev–Trinajstić information content (AvgIpc) is 2.96. The van der Waals surface area contributed by atoms with E-state index in [0.29, 0.717) is 17.9 Å². The minimum atomic E-state index is -0.292. The highest BCUT2D eigenvalue weighted by atomic mass is 35.5. The fraction of sp³-hybridized carbons (Fsp3) is 0.100. The van der Waals surface area contributed by atoms with Crippen LogP contribution in [0.25, 0.3) is 0 Å². The molecule has 2 amide bonds. The van der Waals surface area contributed by atoms with Crippen LogP contribution in [0.5, 0.6) is 5.75 Å². The zero-order valence-electron chi connectivity index (χ0n) is 20.5. The highest BCUT2D eigenvalue weighted by Gasteiger charge is 2.05. The Hall–Kier alpha value is -4.07. The maximum absolute atomic E-state index is 12.4. The number of amides is 2. The van der Waals surface area contributed by atoms with Gasteiger partial charge in [0.15, 0.2) is 6.61 Å². The van der Waals surface area contributed by atoms with Gasteiger partial charge in [0.1, 0.15) is 5.75 Å². The van der Waals surface area contributed by atoms with Crippen LogP contribution in [0.4, 0.5) is 0 Å². The van der Waals surface area contributed by atoms with E-state index in [1.807, 2.05) is 66.7 Å². The molecule has 0 aromatic heterocycles. The summed E-state index contributed by atoms with van der Waals surface area (Å²) in [5.41, 5.74) is 5.98. The van der Waals surface area contributed by atoms with E-state index in [2.05, 4.69) is 15.8 Å². The maximum atomic E-state index is 12.4. The molecule has 4 rings (SSSR count). The van der Waals surface area contributed by atoms with Crippen molar-refractivity contribution in [1.29, 1.82) is 0 Å². The Labute approximate surface area is 231 Å². The minimum Gasteiger partial charge on any atom is -0.484 e. The minimum absolute atomic E-state index is 0.0745. The lowest BCUT2D eigenvalue weighted by molar-refractivity contribution is -0.123. The number of halogens is 1. The first-order valence-electron chi connectivity index (χ1n) is 11.9. The second-order valence-corrected chi connectivity index (χ2v) is 9.74. The van der Waals surface area contributed by atoms with E-state index in [1.54, 1.807) is 54.4 Å². The molecule has 8 heteroatoms. The van der Waals surface area contributed by atoms with Crippen LogP contribution in [0, 0.1) is 0 Å². The lowest BCUT2D eigenvalue weighted by atomic mass is 10.1. The Morgan fingerprint density at radius 3 is 2.26 bits per heavy atom. The van der Waals surface area contributed by atoms with Gasteiger partial charge in [-0.15, -0.1) is 11.8 Å². The van der Waals surface area contributed by atoms with Crippen LogP contribution in [-0.2, 0) is 17.1 Å². The summed E-state index contributed by atoms with van der Waals surface area (Å²) in [5.74, 6) is 0.866. The number of nitrogens with zero attached hydrogens (tertiary/aromatic N) is 1. The number of hydrogen-bond donors (Lipinski definition) is 2. The summed E-state index contributed by atoms with van der Waals surface area (Å²) in [5, 5.41) is 7.57. The van der Waals surface area contributed by atoms with Crippen LogP contribution in [0.1, 0.15) is 27.0 Å². The molecule has 0 fully saturated rings. The van der Waals surface area contributed by atoms with Gasteiger partial charge in [-0.3, -0.25) is 9.59 Å². The molecule has 0 heterocycles. The van der Waals surface area contributed by atoms with Gasteiger partial charge in [0, 0.05) is 27.8 Å². The Kier molecular flexibility index (Phi) is 9.96. The molecule has 38 heavy (non-hydrogen) atoms. The molecule has 0 saturated carbocycles. The molecule has 0 radical (unpaired) electrons. The lowest BCUT2D eigenvalue weighted by Crippen LogP contribution is -2.28. The summed E-state index contributed by atoms with van der Waals surface area (Å²) in [6.45, 7) is 0.382. The number of benzene rings is 4. The van der Waals surface area contributed by atoms with Crippen LogP contribution in [0.2, 0.25) is 5.02 Å². The van der Waals surface area contributed by atoms with Gasteiger partial charge in [-0.1, -0.05) is 54.1 Å². The third-order valence-electron chi connectivity index (χ3n) is 5.40. The normalized spacial score (nSPS) is 10.8. The van der Waals surface area contributed by atoms with E-state index in [9.17, 15) is 9.59 Å². The third-order valence-corrected chi connectivity index (χ3v) is 6.73. The largest absolute Gasteiger partial charge is 0.484 e. The van der Waals surface area contributed by atoms with E-state index >= 15 is 0 Å². The second-order valence-electron chi connectivity index (χ2n) is 8.26. The topological polar surface area (TPSA) is 79.8 Å². The second kappa shape index (κ2) is 14.0. The molecule has 0 bridgehead atoms. The van der Waals surface area contributed by atoms with Crippen molar-refractivity contribution >= 4 is 41.4 Å². The standard InChI is InChI=1S/C30H26ClN3O3S/c31-26-12-16-28(17-13-26)38-21-24-6-10-25(11-7-24)30(36)34-33-19-23-8-14-27(15-9-23)37-20-29(35)32-18-22-4-2-1-3-5-22/h1-17,19H,18,20-21H2,(H,32,35)(H,34,36)/b33-19-. The number of carbonyl (C=O) groups excluding carboxylic acids is 2. The molecule has 0 unspecified atom stereocenters. The van der Waals surface area contributed by atoms with Crippen LogP contribution < -0.4 is 15.5 Å². The number of carbonyl (C=O) groups is 2. The molecule has 4 aromatic carbocycles. The summed E-state index contributed by atoms with van der Waals surface area (Å²) in [7, 11) is 0. The van der Waals surface area contributed by atoms with E-state index in [4.69, 9.17) is 16.3 Å². The van der Waals surface area contributed by atoms with Crippen LogP contribution in [-0.4, -0.2) is 24.6 Å². The number of hydrazone groups is 1. The molecule has 0 aliphatic rings. The summed E-state index contributed by atoms with van der Waals surface area (Å²) >= 11 is 7.63. The summed E-state index contributed by atoms with van der Waals surface area (Å²) < 4.78 is 5.54. The maximum Gasteiger partial charge on any atom is 0.271 e. The lowest BCUT2D eigenvalue weighted by Gasteiger charge is -2.08. The van der Waals surface area contributed by atoms with Gasteiger partial charge in [-0.25, -0.2) is 5.43 Å². The van der Waals surface area contributed by atoms with Crippen molar-refractivity contribution in [2.24, 2.45) is 5.10 Å². The average molecular weight is 544 g/mol. The quantitative estimate of drug-likeness (QED) is 0.136. The van der Waals surface area contributed by atoms with E-state index < -0.39 is 0 Å². The number of nitrogens with one attached hydrogen (secondary N) is 2. The molecule has 192 valence electrons. The van der Waals surface area contributed by atoms with Crippen LogP contribution in [0.3, 0.4) is 0 Å². The predicted molar refractivity (Wildman–Crippen MR) is 153 cm³/mol. The van der Waals surface area contributed by atoms with Crippen molar-refractivity contribution in [2.75, 3.05) is 6.61 Å². The van der Waals surface area contributed by atoms with E-state index in [-0.39, 0.29) is 18.4 Å². The zero-order valence-corrected chi connectivity index (χ0v) is 22.0. The molecule has 2 N–H and O–H groups in total. The molecule has 4 aromatic rings. The Bertz CT molecular complexity index is 1360. The number of hydrogen-bond acceptors (Lipinski definition) is 5. The smallest absolute Gasteiger partial charge is 0.271 e. The summed E-state index contributed by atoms with van der Waals surface area (Å²) in [4.78, 5) is 25.5. The van der Waals surface area contributed by atoms with Gasteiger partial charge in [-0.05, 0) is 77.4 Å². The van der Waals surface area contributed by atoms with Crippen molar-refractivity contribution in [3.63, 3.8) is 0 Å². The molecule has 0 spiro atoms. The van der Waals surface area contributed by atoms with Crippen LogP contribution >= 0.6 is 23.4 Å². The SMILES string of the molecule is O=C(COc1ccc(/C=N\NC(=O)c2ccc(CSc3ccc(Cl)cc3)cc2)cc1)NCc1ccccc1. The van der Waals surface area contributed by atoms with Crippen molar-refractivity contribution in [1.82, 2.24) is 10.7 Å². The highest BCUT2D eigenvalue weighted by Crippen LogP contribution is 2.24. The third kappa shape index (κ3) is 8.80. The fourth-order valence-corrected chi connectivity index (χ4v) is 4.31.